The summed E-state index contributed by atoms with van der Waals surface area (Å²) >= 11 is 0. The average Bonchev–Trinajstić information content (AvgIpc) is 2.49. The summed E-state index contributed by atoms with van der Waals surface area (Å²) in [6, 6.07) is 11.0. The van der Waals surface area contributed by atoms with E-state index in [0.29, 0.717) is 12.1 Å². The smallest absolute Gasteiger partial charge is 0.396 e. The molecule has 0 aliphatic rings. The van der Waals surface area contributed by atoms with Gasteiger partial charge >= 0.3 is 6.18 Å². The maximum Gasteiger partial charge on any atom is 0.416 e. The van der Waals surface area contributed by atoms with Gasteiger partial charge in [-0.2, -0.15) is 13.2 Å². The van der Waals surface area contributed by atoms with E-state index in [4.69, 9.17) is 5.11 Å². The molecule has 0 radical (unpaired) electrons. The number of halogens is 3. The number of nitrogens with one attached hydrogen (secondary N) is 1. The van der Waals surface area contributed by atoms with Crippen molar-refractivity contribution >= 4 is 11.6 Å². The van der Waals surface area contributed by atoms with E-state index in [1.54, 1.807) is 24.3 Å². The Bertz CT molecular complexity index is 651. The number of hydrogen-bond donors (Lipinski definition) is 2. The summed E-state index contributed by atoms with van der Waals surface area (Å²) in [7, 11) is 0. The fourth-order valence-electron chi connectivity index (χ4n) is 1.92. The molecular weight excluding hydrogens is 295 g/mol. The number of anilines is 1. The Balaban J connectivity index is 2.12. The van der Waals surface area contributed by atoms with Crippen molar-refractivity contribution in [3.63, 3.8) is 0 Å². The van der Waals surface area contributed by atoms with Crippen molar-refractivity contribution in [2.45, 2.75) is 12.6 Å². The van der Waals surface area contributed by atoms with E-state index in [1.807, 2.05) is 0 Å². The standard InChI is InChI=1S/C16H14F3NO2/c17-16(18,19)13-3-1-2-12(10-13)15(22)20-14-6-4-11(5-7-14)8-9-21/h1-7,10,21H,8-9H2,(H,20,22). The molecule has 0 unspecified atom stereocenters. The van der Waals surface area contributed by atoms with Crippen LogP contribution < -0.4 is 5.32 Å². The van der Waals surface area contributed by atoms with Crippen LogP contribution in [0.5, 0.6) is 0 Å². The molecule has 0 aliphatic heterocycles. The first-order valence-electron chi connectivity index (χ1n) is 6.58. The van der Waals surface area contributed by atoms with Crippen LogP contribution in [0.1, 0.15) is 21.5 Å². The molecule has 0 heterocycles. The molecule has 0 aliphatic carbocycles. The zero-order chi connectivity index (χ0) is 16.2. The van der Waals surface area contributed by atoms with Crippen LogP contribution in [0.4, 0.5) is 18.9 Å². The van der Waals surface area contributed by atoms with Gasteiger partial charge in [0.1, 0.15) is 0 Å². The maximum absolute atomic E-state index is 12.6. The minimum atomic E-state index is -4.48. The van der Waals surface area contributed by atoms with Crippen molar-refractivity contribution in [2.24, 2.45) is 0 Å². The molecule has 0 fully saturated rings. The largest absolute Gasteiger partial charge is 0.416 e. The van der Waals surface area contributed by atoms with Crippen molar-refractivity contribution in [1.29, 1.82) is 0 Å². The normalized spacial score (nSPS) is 11.3. The number of rotatable bonds is 4. The topological polar surface area (TPSA) is 49.3 Å². The molecule has 22 heavy (non-hydrogen) atoms. The molecule has 0 saturated carbocycles. The van der Waals surface area contributed by atoms with Crippen LogP contribution in [0.3, 0.4) is 0 Å². The molecule has 6 heteroatoms. The number of hydrogen-bond acceptors (Lipinski definition) is 2. The summed E-state index contributed by atoms with van der Waals surface area (Å²) in [5.41, 5.74) is 0.455. The molecule has 2 rings (SSSR count). The zero-order valence-corrected chi connectivity index (χ0v) is 11.5. The van der Waals surface area contributed by atoms with E-state index in [9.17, 15) is 18.0 Å². The van der Waals surface area contributed by atoms with Crippen molar-refractivity contribution in [3.05, 3.63) is 65.2 Å². The van der Waals surface area contributed by atoms with Gasteiger partial charge < -0.3 is 10.4 Å². The third kappa shape index (κ3) is 4.08. The Kier molecular flexibility index (Phi) is 4.82. The second kappa shape index (κ2) is 6.62. The van der Waals surface area contributed by atoms with Gasteiger partial charge in [0, 0.05) is 17.9 Å². The Morgan fingerprint density at radius 1 is 1.09 bits per heavy atom. The van der Waals surface area contributed by atoms with Gasteiger partial charge in [-0.05, 0) is 42.3 Å². The number of amides is 1. The highest BCUT2D eigenvalue weighted by Crippen LogP contribution is 2.29. The second-order valence-electron chi connectivity index (χ2n) is 4.70. The molecule has 116 valence electrons. The Labute approximate surface area is 125 Å². The van der Waals surface area contributed by atoms with Gasteiger partial charge in [0.25, 0.3) is 5.91 Å². The van der Waals surface area contributed by atoms with E-state index < -0.39 is 17.6 Å². The van der Waals surface area contributed by atoms with Crippen LogP contribution in [0, 0.1) is 0 Å². The molecule has 2 N–H and O–H groups in total. The Hall–Kier alpha value is -2.34. The maximum atomic E-state index is 12.6. The fraction of sp³-hybridized carbons (Fsp3) is 0.188. The number of alkyl halides is 3. The second-order valence-corrected chi connectivity index (χ2v) is 4.70. The summed E-state index contributed by atoms with van der Waals surface area (Å²) in [5.74, 6) is -0.610. The van der Waals surface area contributed by atoms with E-state index in [-0.39, 0.29) is 12.2 Å². The number of aliphatic hydroxyl groups is 1. The molecule has 0 saturated heterocycles. The predicted octanol–water partition coefficient (Wildman–Crippen LogP) is 3.49. The molecule has 0 spiro atoms. The molecule has 2 aromatic carbocycles. The molecule has 0 bridgehead atoms. The summed E-state index contributed by atoms with van der Waals surface area (Å²) < 4.78 is 37.9. The third-order valence-corrected chi connectivity index (χ3v) is 3.06. The highest BCUT2D eigenvalue weighted by molar-refractivity contribution is 6.04. The number of carbonyl (C=O) groups is 1. The van der Waals surface area contributed by atoms with Gasteiger partial charge in [0.15, 0.2) is 0 Å². The van der Waals surface area contributed by atoms with Crippen molar-refractivity contribution in [2.75, 3.05) is 11.9 Å². The molecule has 1 amide bonds. The average molecular weight is 309 g/mol. The highest BCUT2D eigenvalue weighted by Gasteiger charge is 2.30. The first kappa shape index (κ1) is 16.0. The van der Waals surface area contributed by atoms with Crippen LogP contribution in [-0.4, -0.2) is 17.6 Å². The first-order valence-corrected chi connectivity index (χ1v) is 6.58. The van der Waals surface area contributed by atoms with Crippen molar-refractivity contribution in [1.82, 2.24) is 0 Å². The lowest BCUT2D eigenvalue weighted by Gasteiger charge is -2.09. The molecule has 3 nitrogen and oxygen atoms in total. The number of aliphatic hydroxyl groups excluding tert-OH is 1. The number of carbonyl (C=O) groups excluding carboxylic acids is 1. The summed E-state index contributed by atoms with van der Waals surface area (Å²) in [6.07, 6.45) is -3.98. The van der Waals surface area contributed by atoms with Crippen molar-refractivity contribution < 1.29 is 23.1 Å². The van der Waals surface area contributed by atoms with Gasteiger partial charge in [0.2, 0.25) is 0 Å². The van der Waals surface area contributed by atoms with Gasteiger partial charge in [0.05, 0.1) is 5.56 Å². The summed E-state index contributed by atoms with van der Waals surface area (Å²) in [5, 5.41) is 11.4. The SMILES string of the molecule is O=C(Nc1ccc(CCO)cc1)c1cccc(C(F)(F)F)c1. The van der Waals surface area contributed by atoms with E-state index in [0.717, 1.165) is 17.7 Å². The van der Waals surface area contributed by atoms with Crippen LogP contribution in [0.15, 0.2) is 48.5 Å². The van der Waals surface area contributed by atoms with E-state index in [1.165, 1.54) is 12.1 Å². The zero-order valence-electron chi connectivity index (χ0n) is 11.5. The lowest BCUT2D eigenvalue weighted by Crippen LogP contribution is -2.14. The Morgan fingerprint density at radius 2 is 1.77 bits per heavy atom. The minimum absolute atomic E-state index is 0.0238. The van der Waals surface area contributed by atoms with Crippen LogP contribution in [0.2, 0.25) is 0 Å². The quantitative estimate of drug-likeness (QED) is 0.908. The molecular formula is C16H14F3NO2. The van der Waals surface area contributed by atoms with E-state index >= 15 is 0 Å². The van der Waals surface area contributed by atoms with Crippen LogP contribution >= 0.6 is 0 Å². The van der Waals surface area contributed by atoms with Gasteiger partial charge in [-0.1, -0.05) is 18.2 Å². The van der Waals surface area contributed by atoms with Crippen LogP contribution in [0.25, 0.3) is 0 Å². The first-order chi connectivity index (χ1) is 10.4. The third-order valence-electron chi connectivity index (χ3n) is 3.06. The predicted molar refractivity (Wildman–Crippen MR) is 76.6 cm³/mol. The van der Waals surface area contributed by atoms with Gasteiger partial charge in [-0.15, -0.1) is 0 Å². The van der Waals surface area contributed by atoms with Crippen LogP contribution in [-0.2, 0) is 12.6 Å². The molecule has 2 aromatic rings. The lowest BCUT2D eigenvalue weighted by molar-refractivity contribution is -0.137. The van der Waals surface area contributed by atoms with Crippen molar-refractivity contribution in [3.8, 4) is 0 Å². The number of benzene rings is 2. The Morgan fingerprint density at radius 3 is 2.36 bits per heavy atom. The van der Waals surface area contributed by atoms with E-state index in [2.05, 4.69) is 5.32 Å². The monoisotopic (exact) mass is 309 g/mol. The fourth-order valence-corrected chi connectivity index (χ4v) is 1.92. The van der Waals surface area contributed by atoms with Gasteiger partial charge in [-0.25, -0.2) is 0 Å². The molecule has 0 atom stereocenters. The highest BCUT2D eigenvalue weighted by atomic mass is 19.4. The van der Waals surface area contributed by atoms with Gasteiger partial charge in [-0.3, -0.25) is 4.79 Å². The summed E-state index contributed by atoms with van der Waals surface area (Å²) in [4.78, 5) is 12.0. The molecule has 0 aromatic heterocycles. The summed E-state index contributed by atoms with van der Waals surface area (Å²) in [6.45, 7) is 0.0238. The lowest BCUT2D eigenvalue weighted by atomic mass is 10.1. The minimum Gasteiger partial charge on any atom is -0.396 e.